The van der Waals surface area contributed by atoms with E-state index in [1.807, 2.05) is 0 Å². The fourth-order valence-electron chi connectivity index (χ4n) is 2.70. The molecule has 0 aliphatic carbocycles. The van der Waals surface area contributed by atoms with Gasteiger partial charge in [0.1, 0.15) is 0 Å². The number of carbonyl (C=O) groups is 1. The Bertz CT molecular complexity index is 255. The van der Waals surface area contributed by atoms with E-state index in [1.165, 1.54) is 77.0 Å². The lowest BCUT2D eigenvalue weighted by molar-refractivity contribution is -0.137. The average molecular weight is 377 g/mol. The molecule has 0 aromatic carbocycles. The van der Waals surface area contributed by atoms with E-state index in [0.29, 0.717) is 19.6 Å². The molecule has 0 aliphatic rings. The Kier molecular flexibility index (Phi) is 28.2. The van der Waals surface area contributed by atoms with Gasteiger partial charge in [0.25, 0.3) is 0 Å². The number of rotatable bonds is 19. The minimum atomic E-state index is -0.654. The van der Waals surface area contributed by atoms with E-state index in [9.17, 15) is 4.79 Å². The summed E-state index contributed by atoms with van der Waals surface area (Å²) in [5.41, 5.74) is 0. The van der Waals surface area contributed by atoms with Gasteiger partial charge in [0.2, 0.25) is 0 Å². The predicted molar refractivity (Wildman–Crippen MR) is 108 cm³/mol. The van der Waals surface area contributed by atoms with E-state index in [4.69, 9.17) is 15.3 Å². The summed E-state index contributed by atoms with van der Waals surface area (Å²) in [7, 11) is 0. The van der Waals surface area contributed by atoms with Crippen molar-refractivity contribution in [3.8, 4) is 0 Å². The first-order chi connectivity index (χ1) is 12.7. The van der Waals surface area contributed by atoms with E-state index in [1.54, 1.807) is 0 Å². The molecular formula is C21H44O5. The maximum absolute atomic E-state index is 10.3. The SMILES string of the molecule is CCCCCCCCCCCCCCCCC(=O)O.OCCOCCO. The molecule has 0 spiro atoms. The van der Waals surface area contributed by atoms with E-state index < -0.39 is 5.97 Å². The summed E-state index contributed by atoms with van der Waals surface area (Å²) in [6.07, 6.45) is 18.7. The van der Waals surface area contributed by atoms with Gasteiger partial charge in [-0.25, -0.2) is 0 Å². The Hall–Kier alpha value is -0.650. The molecule has 0 radical (unpaired) electrons. The van der Waals surface area contributed by atoms with Crippen LogP contribution >= 0.6 is 0 Å². The summed E-state index contributed by atoms with van der Waals surface area (Å²) >= 11 is 0. The number of hydrogen-bond acceptors (Lipinski definition) is 4. The van der Waals surface area contributed by atoms with Gasteiger partial charge in [0.15, 0.2) is 0 Å². The molecule has 0 aliphatic heterocycles. The Labute approximate surface area is 161 Å². The second-order valence-corrected chi connectivity index (χ2v) is 6.80. The second kappa shape index (κ2) is 26.6. The zero-order chi connectivity index (χ0) is 19.7. The van der Waals surface area contributed by atoms with Crippen molar-refractivity contribution in [2.24, 2.45) is 0 Å². The Balaban J connectivity index is 0. The number of carboxylic acid groups (broad SMARTS) is 1. The normalized spacial score (nSPS) is 10.4. The first-order valence-corrected chi connectivity index (χ1v) is 10.7. The van der Waals surface area contributed by atoms with Gasteiger partial charge in [-0.1, -0.05) is 90.4 Å². The third-order valence-corrected chi connectivity index (χ3v) is 4.22. The molecule has 0 fully saturated rings. The van der Waals surface area contributed by atoms with Crippen molar-refractivity contribution in [1.82, 2.24) is 0 Å². The third kappa shape index (κ3) is 31.2. The van der Waals surface area contributed by atoms with Crippen molar-refractivity contribution in [3.63, 3.8) is 0 Å². The lowest BCUT2D eigenvalue weighted by atomic mass is 10.0. The first kappa shape index (κ1) is 27.6. The van der Waals surface area contributed by atoms with E-state index in [0.717, 1.165) is 12.8 Å². The largest absolute Gasteiger partial charge is 0.481 e. The van der Waals surface area contributed by atoms with Crippen molar-refractivity contribution in [3.05, 3.63) is 0 Å². The van der Waals surface area contributed by atoms with Gasteiger partial charge in [-0.15, -0.1) is 0 Å². The Morgan fingerprint density at radius 3 is 1.31 bits per heavy atom. The molecule has 0 aromatic heterocycles. The van der Waals surface area contributed by atoms with Crippen LogP contribution in [0.3, 0.4) is 0 Å². The van der Waals surface area contributed by atoms with Gasteiger partial charge in [-0.05, 0) is 6.42 Å². The van der Waals surface area contributed by atoms with Crippen LogP contribution in [0.5, 0.6) is 0 Å². The van der Waals surface area contributed by atoms with Crippen LogP contribution in [-0.4, -0.2) is 47.7 Å². The van der Waals surface area contributed by atoms with Gasteiger partial charge >= 0.3 is 5.97 Å². The highest BCUT2D eigenvalue weighted by atomic mass is 16.5. The number of unbranched alkanes of at least 4 members (excludes halogenated alkanes) is 13. The number of carboxylic acids is 1. The monoisotopic (exact) mass is 376 g/mol. The van der Waals surface area contributed by atoms with E-state index in [2.05, 4.69) is 11.7 Å². The number of hydrogen-bond donors (Lipinski definition) is 3. The van der Waals surface area contributed by atoms with Crippen LogP contribution in [0.1, 0.15) is 103 Å². The van der Waals surface area contributed by atoms with E-state index >= 15 is 0 Å². The Morgan fingerprint density at radius 2 is 1.00 bits per heavy atom. The molecule has 0 amide bonds. The molecule has 5 heteroatoms. The van der Waals surface area contributed by atoms with E-state index in [-0.39, 0.29) is 13.2 Å². The van der Waals surface area contributed by atoms with Crippen LogP contribution in [0.4, 0.5) is 0 Å². The number of aliphatic carboxylic acids is 1. The molecule has 0 heterocycles. The lowest BCUT2D eigenvalue weighted by Crippen LogP contribution is -2.03. The van der Waals surface area contributed by atoms with Gasteiger partial charge in [-0.2, -0.15) is 0 Å². The average Bonchev–Trinajstić information content (AvgIpc) is 2.63. The third-order valence-electron chi connectivity index (χ3n) is 4.22. The lowest BCUT2D eigenvalue weighted by Gasteiger charge is -2.02. The molecule has 0 rings (SSSR count). The Morgan fingerprint density at radius 1 is 0.654 bits per heavy atom. The molecule has 0 unspecified atom stereocenters. The smallest absolute Gasteiger partial charge is 0.303 e. The van der Waals surface area contributed by atoms with Crippen LogP contribution < -0.4 is 0 Å². The van der Waals surface area contributed by atoms with Crippen LogP contribution in [0.15, 0.2) is 0 Å². The molecule has 26 heavy (non-hydrogen) atoms. The predicted octanol–water partition coefficient (Wildman–Crippen LogP) is 4.93. The van der Waals surface area contributed by atoms with Crippen molar-refractivity contribution in [2.75, 3.05) is 26.4 Å². The van der Waals surface area contributed by atoms with Crippen molar-refractivity contribution >= 4 is 5.97 Å². The molecule has 0 bridgehead atoms. The minimum Gasteiger partial charge on any atom is -0.481 e. The number of aliphatic hydroxyl groups excluding tert-OH is 2. The van der Waals surface area contributed by atoms with Crippen molar-refractivity contribution in [1.29, 1.82) is 0 Å². The second-order valence-electron chi connectivity index (χ2n) is 6.80. The summed E-state index contributed by atoms with van der Waals surface area (Å²) < 4.78 is 4.63. The minimum absolute atomic E-state index is 0.0278. The fraction of sp³-hybridized carbons (Fsp3) is 0.952. The summed E-state index contributed by atoms with van der Waals surface area (Å²) in [5, 5.41) is 24.7. The summed E-state index contributed by atoms with van der Waals surface area (Å²) in [6.45, 7) is 2.96. The van der Waals surface area contributed by atoms with Gasteiger partial charge in [0.05, 0.1) is 26.4 Å². The maximum Gasteiger partial charge on any atom is 0.303 e. The zero-order valence-corrected chi connectivity index (χ0v) is 17.1. The van der Waals surface area contributed by atoms with Gasteiger partial charge in [0, 0.05) is 6.42 Å². The highest BCUT2D eigenvalue weighted by molar-refractivity contribution is 5.66. The molecular weight excluding hydrogens is 332 g/mol. The maximum atomic E-state index is 10.3. The van der Waals surface area contributed by atoms with Crippen LogP contribution in [0.25, 0.3) is 0 Å². The highest BCUT2D eigenvalue weighted by Crippen LogP contribution is 2.13. The molecule has 5 nitrogen and oxygen atoms in total. The molecule has 0 aromatic rings. The van der Waals surface area contributed by atoms with Crippen LogP contribution in [0.2, 0.25) is 0 Å². The summed E-state index contributed by atoms with van der Waals surface area (Å²) in [5.74, 6) is -0.654. The topological polar surface area (TPSA) is 87.0 Å². The first-order valence-electron chi connectivity index (χ1n) is 10.7. The van der Waals surface area contributed by atoms with Crippen molar-refractivity contribution in [2.45, 2.75) is 103 Å². The molecule has 0 atom stereocenters. The summed E-state index contributed by atoms with van der Waals surface area (Å²) in [6, 6.07) is 0. The van der Waals surface area contributed by atoms with Crippen LogP contribution in [-0.2, 0) is 9.53 Å². The zero-order valence-electron chi connectivity index (χ0n) is 17.1. The molecule has 0 saturated heterocycles. The quantitative estimate of drug-likeness (QED) is 0.278. The molecule has 3 N–H and O–H groups in total. The highest BCUT2D eigenvalue weighted by Gasteiger charge is 1.97. The van der Waals surface area contributed by atoms with Crippen molar-refractivity contribution < 1.29 is 24.9 Å². The standard InChI is InChI=1S/C17H34O2.C4H10O3/c1-2-3-4-5-6-7-8-9-10-11-12-13-14-15-16-17(18)19;5-1-3-7-4-2-6/h2-16H2,1H3,(H,18,19);5-6H,1-4H2. The summed E-state index contributed by atoms with van der Waals surface area (Å²) in [4.78, 5) is 10.3. The molecule has 0 saturated carbocycles. The van der Waals surface area contributed by atoms with Gasteiger partial charge in [-0.3, -0.25) is 4.79 Å². The van der Waals surface area contributed by atoms with Crippen LogP contribution in [0, 0.1) is 0 Å². The van der Waals surface area contributed by atoms with Gasteiger partial charge < -0.3 is 20.1 Å². The molecule has 158 valence electrons. The number of aliphatic hydroxyl groups is 2. The fourth-order valence-corrected chi connectivity index (χ4v) is 2.70. The number of ether oxygens (including phenoxy) is 1.